The van der Waals surface area contributed by atoms with Crippen LogP contribution in [0.1, 0.15) is 23.8 Å². The van der Waals surface area contributed by atoms with Crippen LogP contribution >= 0.6 is 35.0 Å². The zero-order valence-electron chi connectivity index (χ0n) is 10.2. The Balaban J connectivity index is 1.74. The van der Waals surface area contributed by atoms with E-state index in [4.69, 9.17) is 27.6 Å². The predicted octanol–water partition coefficient (Wildman–Crippen LogP) is 4.91. The summed E-state index contributed by atoms with van der Waals surface area (Å²) in [4.78, 5) is 1.31. The zero-order chi connectivity index (χ0) is 13.2. The highest BCUT2D eigenvalue weighted by atomic mass is 35.5. The lowest BCUT2D eigenvalue weighted by Gasteiger charge is -2.26. The summed E-state index contributed by atoms with van der Waals surface area (Å²) in [5.74, 6) is 1.97. The summed E-state index contributed by atoms with van der Waals surface area (Å²) < 4.78 is 5.36. The molecule has 1 aliphatic heterocycles. The van der Waals surface area contributed by atoms with Crippen LogP contribution < -0.4 is 5.32 Å². The normalized spacial score (nSPS) is 18.3. The molecule has 3 rings (SSSR count). The van der Waals surface area contributed by atoms with Crippen molar-refractivity contribution in [2.75, 3.05) is 5.75 Å². The summed E-state index contributed by atoms with van der Waals surface area (Å²) in [7, 11) is 0. The summed E-state index contributed by atoms with van der Waals surface area (Å²) in [5, 5.41) is 4.73. The van der Waals surface area contributed by atoms with Crippen molar-refractivity contribution in [3.8, 4) is 0 Å². The van der Waals surface area contributed by atoms with E-state index in [1.54, 1.807) is 6.07 Å². The molecule has 0 saturated heterocycles. The molecule has 1 unspecified atom stereocenters. The molecule has 1 N–H and O–H groups in total. The summed E-state index contributed by atoms with van der Waals surface area (Å²) in [6.07, 6.45) is 1.09. The van der Waals surface area contributed by atoms with Crippen LogP contribution in [0, 0.1) is 0 Å². The van der Waals surface area contributed by atoms with Gasteiger partial charge in [0.15, 0.2) is 5.22 Å². The molecule has 19 heavy (non-hydrogen) atoms. The molecule has 0 bridgehead atoms. The third-order valence-electron chi connectivity index (χ3n) is 3.16. The van der Waals surface area contributed by atoms with Gasteiger partial charge in [0, 0.05) is 16.0 Å². The van der Waals surface area contributed by atoms with E-state index in [1.807, 2.05) is 23.9 Å². The van der Waals surface area contributed by atoms with Crippen molar-refractivity contribution in [2.45, 2.75) is 23.9 Å². The number of nitrogens with one attached hydrogen (secondary N) is 1. The molecule has 2 heterocycles. The topological polar surface area (TPSA) is 25.2 Å². The van der Waals surface area contributed by atoms with Gasteiger partial charge < -0.3 is 9.73 Å². The second kappa shape index (κ2) is 5.80. The van der Waals surface area contributed by atoms with Gasteiger partial charge in [-0.25, -0.2) is 0 Å². The molecule has 0 aliphatic carbocycles. The molecule has 0 saturated carbocycles. The first kappa shape index (κ1) is 13.4. The first-order valence-corrected chi connectivity index (χ1v) is 7.86. The van der Waals surface area contributed by atoms with E-state index in [2.05, 4.69) is 17.4 Å². The Morgan fingerprint density at radius 2 is 2.16 bits per heavy atom. The predicted molar refractivity (Wildman–Crippen MR) is 80.1 cm³/mol. The third kappa shape index (κ3) is 3.11. The number of hydrogen-bond donors (Lipinski definition) is 1. The summed E-state index contributed by atoms with van der Waals surface area (Å²) >= 11 is 13.7. The summed E-state index contributed by atoms with van der Waals surface area (Å²) in [6.45, 7) is 0.675. The van der Waals surface area contributed by atoms with Crippen molar-refractivity contribution in [1.82, 2.24) is 5.32 Å². The Kier molecular flexibility index (Phi) is 4.08. The Hall–Kier alpha value is -0.610. The van der Waals surface area contributed by atoms with Crippen LogP contribution in [0.25, 0.3) is 0 Å². The number of fused-ring (bicyclic) bond motifs is 1. The highest BCUT2D eigenvalue weighted by Crippen LogP contribution is 2.37. The van der Waals surface area contributed by atoms with Crippen molar-refractivity contribution in [2.24, 2.45) is 0 Å². The van der Waals surface area contributed by atoms with E-state index < -0.39 is 0 Å². The van der Waals surface area contributed by atoms with Gasteiger partial charge >= 0.3 is 0 Å². The number of furan rings is 1. The minimum absolute atomic E-state index is 0.318. The minimum Gasteiger partial charge on any atom is -0.448 e. The molecule has 5 heteroatoms. The van der Waals surface area contributed by atoms with Gasteiger partial charge in [-0.3, -0.25) is 0 Å². The van der Waals surface area contributed by atoms with Gasteiger partial charge in [0.1, 0.15) is 5.76 Å². The van der Waals surface area contributed by atoms with Crippen LogP contribution in [0.3, 0.4) is 0 Å². The molecular formula is C14H13Cl2NOS. The maximum absolute atomic E-state index is 6.09. The number of benzene rings is 1. The lowest BCUT2D eigenvalue weighted by Crippen LogP contribution is -2.24. The van der Waals surface area contributed by atoms with E-state index in [1.165, 1.54) is 10.5 Å². The van der Waals surface area contributed by atoms with E-state index in [9.17, 15) is 0 Å². The van der Waals surface area contributed by atoms with Gasteiger partial charge in [-0.1, -0.05) is 11.6 Å². The van der Waals surface area contributed by atoms with Crippen molar-refractivity contribution in [3.63, 3.8) is 0 Å². The lowest BCUT2D eigenvalue weighted by molar-refractivity contribution is 0.441. The molecule has 1 atom stereocenters. The fourth-order valence-corrected chi connectivity index (χ4v) is 3.70. The third-order valence-corrected chi connectivity index (χ3v) is 4.72. The van der Waals surface area contributed by atoms with Gasteiger partial charge in [-0.15, -0.1) is 11.8 Å². The first-order valence-electron chi connectivity index (χ1n) is 6.12. The van der Waals surface area contributed by atoms with Crippen molar-refractivity contribution in [1.29, 1.82) is 0 Å². The maximum Gasteiger partial charge on any atom is 0.193 e. The first-order chi connectivity index (χ1) is 9.22. The Labute approximate surface area is 126 Å². The molecule has 1 aromatic heterocycles. The SMILES string of the molecule is Clc1ccc2c(c1)C(NCc1ccc(Cl)o1)CCS2. The summed E-state index contributed by atoms with van der Waals surface area (Å²) in [5.41, 5.74) is 1.28. The van der Waals surface area contributed by atoms with Crippen molar-refractivity contribution < 1.29 is 4.42 Å². The van der Waals surface area contributed by atoms with Crippen LogP contribution in [-0.2, 0) is 6.54 Å². The molecule has 0 fully saturated rings. The van der Waals surface area contributed by atoms with Crippen LogP contribution in [0.5, 0.6) is 0 Å². The zero-order valence-corrected chi connectivity index (χ0v) is 12.5. The number of rotatable bonds is 3. The Morgan fingerprint density at radius 1 is 1.26 bits per heavy atom. The molecule has 100 valence electrons. The Bertz CT molecular complexity index is 585. The van der Waals surface area contributed by atoms with Gasteiger partial charge in [0.05, 0.1) is 6.54 Å². The monoisotopic (exact) mass is 313 g/mol. The van der Waals surface area contributed by atoms with E-state index in [-0.39, 0.29) is 0 Å². The van der Waals surface area contributed by atoms with Crippen LogP contribution in [0.15, 0.2) is 39.6 Å². The smallest absolute Gasteiger partial charge is 0.193 e. The van der Waals surface area contributed by atoms with E-state index in [0.29, 0.717) is 17.8 Å². The number of halogens is 2. The van der Waals surface area contributed by atoms with Gasteiger partial charge in [0.2, 0.25) is 0 Å². The fraction of sp³-hybridized carbons (Fsp3) is 0.286. The second-order valence-corrected chi connectivity index (χ2v) is 6.40. The van der Waals surface area contributed by atoms with Gasteiger partial charge in [-0.05, 0) is 59.7 Å². The molecular weight excluding hydrogens is 301 g/mol. The highest BCUT2D eigenvalue weighted by molar-refractivity contribution is 7.99. The molecule has 1 aromatic carbocycles. The molecule has 2 nitrogen and oxygen atoms in total. The molecule has 2 aromatic rings. The van der Waals surface area contributed by atoms with Crippen LogP contribution in [0.4, 0.5) is 0 Å². The van der Waals surface area contributed by atoms with Crippen molar-refractivity contribution >= 4 is 35.0 Å². The quantitative estimate of drug-likeness (QED) is 0.871. The number of hydrogen-bond acceptors (Lipinski definition) is 3. The molecule has 0 spiro atoms. The maximum atomic E-state index is 6.09. The average Bonchev–Trinajstić information content (AvgIpc) is 2.82. The van der Waals surface area contributed by atoms with Crippen molar-refractivity contribution in [3.05, 3.63) is 51.9 Å². The minimum atomic E-state index is 0.318. The lowest BCUT2D eigenvalue weighted by atomic mass is 10.0. The molecule has 1 aliphatic rings. The molecule has 0 radical (unpaired) electrons. The summed E-state index contributed by atoms with van der Waals surface area (Å²) in [6, 6.07) is 10.1. The van der Waals surface area contributed by atoms with Gasteiger partial charge in [0.25, 0.3) is 0 Å². The van der Waals surface area contributed by atoms with E-state index >= 15 is 0 Å². The van der Waals surface area contributed by atoms with Gasteiger partial charge in [-0.2, -0.15) is 0 Å². The molecule has 0 amide bonds. The standard InChI is InChI=1S/C14H13Cl2NOS/c15-9-1-3-13-11(7-9)12(5-6-19-13)17-8-10-2-4-14(16)18-10/h1-4,7,12,17H,5-6,8H2. The number of thioether (sulfide) groups is 1. The van der Waals surface area contributed by atoms with Crippen LogP contribution in [-0.4, -0.2) is 5.75 Å². The van der Waals surface area contributed by atoms with Crippen LogP contribution in [0.2, 0.25) is 10.2 Å². The fourth-order valence-electron chi connectivity index (χ4n) is 2.25. The average molecular weight is 314 g/mol. The Morgan fingerprint density at radius 3 is 2.95 bits per heavy atom. The largest absolute Gasteiger partial charge is 0.448 e. The second-order valence-electron chi connectivity index (χ2n) is 4.46. The highest BCUT2D eigenvalue weighted by Gasteiger charge is 2.20. The van der Waals surface area contributed by atoms with E-state index in [0.717, 1.165) is 23.0 Å².